The maximum absolute atomic E-state index is 12.9. The molecule has 2 aromatic rings. The summed E-state index contributed by atoms with van der Waals surface area (Å²) in [5, 5.41) is 5.74. The van der Waals surface area contributed by atoms with Gasteiger partial charge < -0.3 is 16.4 Å². The highest BCUT2D eigenvalue weighted by atomic mass is 32.2. The van der Waals surface area contributed by atoms with Crippen molar-refractivity contribution in [3.05, 3.63) is 35.9 Å². The number of amides is 1. The monoisotopic (exact) mass is 350 g/mol. The zero-order valence-corrected chi connectivity index (χ0v) is 14.1. The van der Waals surface area contributed by atoms with Gasteiger partial charge in [0.1, 0.15) is 11.6 Å². The maximum atomic E-state index is 12.9. The fraction of sp³-hybridized carbons (Fsp3) is 0.333. The molecule has 9 heteroatoms. The minimum absolute atomic E-state index is 0.0199. The second-order valence-corrected chi connectivity index (χ2v) is 5.89. The molecular formula is C15H19FN6OS. The van der Waals surface area contributed by atoms with Crippen LogP contribution < -0.4 is 16.4 Å². The number of aromatic nitrogens is 3. The predicted molar refractivity (Wildman–Crippen MR) is 93.4 cm³/mol. The van der Waals surface area contributed by atoms with E-state index >= 15 is 0 Å². The van der Waals surface area contributed by atoms with Crippen molar-refractivity contribution in [2.45, 2.75) is 19.1 Å². The molecule has 0 unspecified atom stereocenters. The third-order valence-electron chi connectivity index (χ3n) is 2.84. The van der Waals surface area contributed by atoms with Gasteiger partial charge in [0.15, 0.2) is 0 Å². The molecule has 0 aliphatic carbocycles. The van der Waals surface area contributed by atoms with E-state index in [4.69, 9.17) is 5.73 Å². The van der Waals surface area contributed by atoms with Crippen molar-refractivity contribution in [3.8, 4) is 0 Å². The van der Waals surface area contributed by atoms with Gasteiger partial charge >= 0.3 is 0 Å². The summed E-state index contributed by atoms with van der Waals surface area (Å²) in [5.74, 6) is 1.25. The summed E-state index contributed by atoms with van der Waals surface area (Å²) in [6, 6.07) is 5.81. The molecule has 1 heterocycles. The summed E-state index contributed by atoms with van der Waals surface area (Å²) in [7, 11) is 0. The molecule has 0 aliphatic rings. The van der Waals surface area contributed by atoms with E-state index in [0.717, 1.165) is 6.42 Å². The quantitative estimate of drug-likeness (QED) is 0.669. The standard InChI is InChI=1S/C15H19FN6OS/c1-2-7-18-13(23)9-24-8-12-20-14(17)22-15(21-12)19-11-5-3-10(16)4-6-11/h3-6H,2,7-9H2,1H3,(H,18,23)(H3,17,19,20,21,22). The van der Waals surface area contributed by atoms with E-state index in [0.29, 0.717) is 29.6 Å². The average Bonchev–Trinajstić information content (AvgIpc) is 2.54. The van der Waals surface area contributed by atoms with Crippen molar-refractivity contribution in [2.24, 2.45) is 0 Å². The molecule has 0 radical (unpaired) electrons. The molecule has 0 bridgehead atoms. The first-order valence-corrected chi connectivity index (χ1v) is 8.59. The highest BCUT2D eigenvalue weighted by Crippen LogP contribution is 2.16. The minimum atomic E-state index is -0.325. The Hall–Kier alpha value is -2.42. The number of hydrogen-bond acceptors (Lipinski definition) is 7. The molecule has 2 rings (SSSR count). The Bertz CT molecular complexity index is 682. The van der Waals surface area contributed by atoms with E-state index in [9.17, 15) is 9.18 Å². The maximum Gasteiger partial charge on any atom is 0.232 e. The zero-order valence-electron chi connectivity index (χ0n) is 13.3. The molecule has 1 aromatic carbocycles. The van der Waals surface area contributed by atoms with Crippen LogP contribution >= 0.6 is 11.8 Å². The number of nitrogens with one attached hydrogen (secondary N) is 2. The molecule has 0 saturated carbocycles. The van der Waals surface area contributed by atoms with Crippen molar-refractivity contribution < 1.29 is 9.18 Å². The summed E-state index contributed by atoms with van der Waals surface area (Å²) in [4.78, 5) is 23.8. The summed E-state index contributed by atoms with van der Waals surface area (Å²) >= 11 is 1.39. The lowest BCUT2D eigenvalue weighted by Gasteiger charge is -2.07. The van der Waals surface area contributed by atoms with Crippen LogP contribution in [0.1, 0.15) is 19.2 Å². The predicted octanol–water partition coefficient (Wildman–Crippen LogP) is 2.10. The first kappa shape index (κ1) is 17.9. The first-order chi connectivity index (χ1) is 11.6. The largest absolute Gasteiger partial charge is 0.368 e. The fourth-order valence-corrected chi connectivity index (χ4v) is 2.47. The van der Waals surface area contributed by atoms with Gasteiger partial charge in [0.2, 0.25) is 17.8 Å². The van der Waals surface area contributed by atoms with E-state index < -0.39 is 0 Å². The number of thioether (sulfide) groups is 1. The van der Waals surface area contributed by atoms with Crippen LogP contribution in [-0.2, 0) is 10.5 Å². The number of anilines is 3. The number of carbonyl (C=O) groups is 1. The molecule has 1 amide bonds. The van der Waals surface area contributed by atoms with Crippen molar-refractivity contribution in [1.29, 1.82) is 0 Å². The lowest BCUT2D eigenvalue weighted by Crippen LogP contribution is -2.25. The second-order valence-electron chi connectivity index (χ2n) is 4.91. The molecule has 0 aliphatic heterocycles. The molecule has 1 aromatic heterocycles. The highest BCUT2D eigenvalue weighted by molar-refractivity contribution is 7.99. The van der Waals surface area contributed by atoms with Gasteiger partial charge in [-0.05, 0) is 30.7 Å². The van der Waals surface area contributed by atoms with Crippen LogP contribution in [0.25, 0.3) is 0 Å². The van der Waals surface area contributed by atoms with Crippen LogP contribution in [0, 0.1) is 5.82 Å². The summed E-state index contributed by atoms with van der Waals surface area (Å²) < 4.78 is 12.9. The van der Waals surface area contributed by atoms with Gasteiger partial charge in [-0.3, -0.25) is 4.79 Å². The number of hydrogen-bond donors (Lipinski definition) is 3. The van der Waals surface area contributed by atoms with E-state index in [2.05, 4.69) is 25.6 Å². The van der Waals surface area contributed by atoms with Gasteiger partial charge in [-0.2, -0.15) is 15.0 Å². The van der Waals surface area contributed by atoms with Crippen LogP contribution in [0.2, 0.25) is 0 Å². The van der Waals surface area contributed by atoms with Gasteiger partial charge in [0.05, 0.1) is 11.5 Å². The van der Waals surface area contributed by atoms with Gasteiger partial charge in [-0.1, -0.05) is 6.92 Å². The molecular weight excluding hydrogens is 331 g/mol. The first-order valence-electron chi connectivity index (χ1n) is 7.44. The smallest absolute Gasteiger partial charge is 0.232 e. The van der Waals surface area contributed by atoms with Crippen molar-refractivity contribution in [1.82, 2.24) is 20.3 Å². The number of nitrogen functional groups attached to an aromatic ring is 1. The van der Waals surface area contributed by atoms with E-state index in [1.165, 1.54) is 23.9 Å². The Morgan fingerprint density at radius 2 is 2.00 bits per heavy atom. The Morgan fingerprint density at radius 1 is 1.25 bits per heavy atom. The fourth-order valence-electron chi connectivity index (χ4n) is 1.77. The minimum Gasteiger partial charge on any atom is -0.368 e. The number of rotatable bonds is 8. The SMILES string of the molecule is CCCNC(=O)CSCc1nc(N)nc(Nc2ccc(F)cc2)n1. The Labute approximate surface area is 143 Å². The Balaban J connectivity index is 1.93. The lowest BCUT2D eigenvalue weighted by molar-refractivity contribution is -0.118. The van der Waals surface area contributed by atoms with Crippen LogP contribution in [0.4, 0.5) is 22.0 Å². The molecule has 0 fully saturated rings. The summed E-state index contributed by atoms with van der Waals surface area (Å²) in [5.41, 5.74) is 6.32. The van der Waals surface area contributed by atoms with Crippen molar-refractivity contribution >= 4 is 35.3 Å². The number of carbonyl (C=O) groups excluding carboxylic acids is 1. The normalized spacial score (nSPS) is 10.4. The highest BCUT2D eigenvalue weighted by Gasteiger charge is 2.07. The second kappa shape index (κ2) is 9.02. The number of nitrogens with zero attached hydrogens (tertiary/aromatic N) is 3. The molecule has 7 nitrogen and oxygen atoms in total. The van der Waals surface area contributed by atoms with Crippen LogP contribution in [0.5, 0.6) is 0 Å². The third kappa shape index (κ3) is 5.99. The zero-order chi connectivity index (χ0) is 17.4. The van der Waals surface area contributed by atoms with E-state index in [1.807, 2.05) is 6.92 Å². The molecule has 0 atom stereocenters. The van der Waals surface area contributed by atoms with Gasteiger partial charge in [0.25, 0.3) is 0 Å². The lowest BCUT2D eigenvalue weighted by atomic mass is 10.3. The summed E-state index contributed by atoms with van der Waals surface area (Å²) in [6.45, 7) is 2.67. The van der Waals surface area contributed by atoms with Gasteiger partial charge in [0, 0.05) is 12.2 Å². The summed E-state index contributed by atoms with van der Waals surface area (Å²) in [6.07, 6.45) is 0.902. The molecule has 4 N–H and O–H groups in total. The van der Waals surface area contributed by atoms with Gasteiger partial charge in [-0.25, -0.2) is 4.39 Å². The molecule has 0 spiro atoms. The van der Waals surface area contributed by atoms with Crippen LogP contribution in [-0.4, -0.2) is 33.2 Å². The topological polar surface area (TPSA) is 106 Å². The van der Waals surface area contributed by atoms with Crippen LogP contribution in [0.15, 0.2) is 24.3 Å². The molecule has 128 valence electrons. The number of nitrogens with two attached hydrogens (primary N) is 1. The number of halogens is 1. The van der Waals surface area contributed by atoms with E-state index in [-0.39, 0.29) is 23.6 Å². The van der Waals surface area contributed by atoms with Crippen molar-refractivity contribution in [2.75, 3.05) is 23.3 Å². The average molecular weight is 350 g/mol. The van der Waals surface area contributed by atoms with E-state index in [1.54, 1.807) is 12.1 Å². The number of benzene rings is 1. The third-order valence-corrected chi connectivity index (χ3v) is 3.76. The Morgan fingerprint density at radius 3 is 2.71 bits per heavy atom. The molecule has 0 saturated heterocycles. The van der Waals surface area contributed by atoms with Crippen molar-refractivity contribution in [3.63, 3.8) is 0 Å². The van der Waals surface area contributed by atoms with Gasteiger partial charge in [-0.15, -0.1) is 11.8 Å². The molecule has 24 heavy (non-hydrogen) atoms. The van der Waals surface area contributed by atoms with Crippen LogP contribution in [0.3, 0.4) is 0 Å². The Kier molecular flexibility index (Phi) is 6.74.